The van der Waals surface area contributed by atoms with Gasteiger partial charge in [0.15, 0.2) is 15.7 Å². The number of nitrogens with zero attached hydrogens (tertiary/aromatic N) is 1. The summed E-state index contributed by atoms with van der Waals surface area (Å²) >= 11 is 0. The minimum Gasteiger partial charge on any atom is -0.448 e. The summed E-state index contributed by atoms with van der Waals surface area (Å²) < 4.78 is 29.8. The fraction of sp³-hybridized carbons (Fsp3) is 0.438. The van der Waals surface area contributed by atoms with E-state index in [1.807, 2.05) is 44.2 Å². The highest BCUT2D eigenvalue weighted by molar-refractivity contribution is 7.91. The molecule has 0 fully saturated rings. The van der Waals surface area contributed by atoms with Gasteiger partial charge in [-0.3, -0.25) is 0 Å². The molecule has 1 heterocycles. The molecule has 0 aliphatic rings. The van der Waals surface area contributed by atoms with Crippen LogP contribution in [0.4, 0.5) is 0 Å². The normalized spacial score (nSPS) is 13.5. The van der Waals surface area contributed by atoms with Gasteiger partial charge >= 0.3 is 0 Å². The quantitative estimate of drug-likeness (QED) is 0.822. The highest BCUT2D eigenvalue weighted by atomic mass is 32.2. The molecule has 2 aromatic rings. The summed E-state index contributed by atoms with van der Waals surface area (Å²) in [5.74, 6) is 0.569. The van der Waals surface area contributed by atoms with Gasteiger partial charge in [-0.2, -0.15) is 0 Å². The van der Waals surface area contributed by atoms with E-state index >= 15 is 0 Å². The molecule has 0 bridgehead atoms. The van der Waals surface area contributed by atoms with E-state index in [1.165, 1.54) is 6.26 Å². The summed E-state index contributed by atoms with van der Waals surface area (Å²) in [4.78, 5) is 4.29. The number of hydrogen-bond donors (Lipinski definition) is 0. The summed E-state index contributed by atoms with van der Waals surface area (Å²) in [6, 6.07) is 9.83. The van der Waals surface area contributed by atoms with E-state index in [9.17, 15) is 8.42 Å². The second kappa shape index (κ2) is 6.43. The molecule has 1 unspecified atom stereocenters. The molecule has 21 heavy (non-hydrogen) atoms. The first-order valence-electron chi connectivity index (χ1n) is 7.07. The van der Waals surface area contributed by atoms with Crippen molar-refractivity contribution >= 4 is 9.84 Å². The summed E-state index contributed by atoms with van der Waals surface area (Å²) in [5, 5.41) is -0.383. The molecular formula is C16H21NO3S. The van der Waals surface area contributed by atoms with Crippen molar-refractivity contribution in [2.45, 2.75) is 38.2 Å². The summed E-state index contributed by atoms with van der Waals surface area (Å²) in [6.45, 7) is 5.56. The molecule has 4 nitrogen and oxygen atoms in total. The predicted octanol–water partition coefficient (Wildman–Crippen LogP) is 3.22. The topological polar surface area (TPSA) is 60.2 Å². The van der Waals surface area contributed by atoms with Crippen LogP contribution >= 0.6 is 0 Å². The number of rotatable bonds is 6. The van der Waals surface area contributed by atoms with Gasteiger partial charge in [-0.1, -0.05) is 44.2 Å². The molecular weight excluding hydrogens is 286 g/mol. The lowest BCUT2D eigenvalue weighted by Crippen LogP contribution is -2.24. The Morgan fingerprint density at radius 2 is 1.81 bits per heavy atom. The zero-order chi connectivity index (χ0) is 15.5. The van der Waals surface area contributed by atoms with Gasteiger partial charge in [0.05, 0.1) is 16.7 Å². The standard InChI is InChI=1S/C16H21NO3S/c1-12(2)13(3)21(18,19)11-15-10-20-16(17-15)9-14-7-5-4-6-8-14/h4-8,10,12-13H,9,11H2,1-3H3. The van der Waals surface area contributed by atoms with Gasteiger partial charge in [-0.05, 0) is 18.4 Å². The Bertz CT molecular complexity index is 675. The highest BCUT2D eigenvalue weighted by Crippen LogP contribution is 2.18. The summed E-state index contributed by atoms with van der Waals surface area (Å²) in [7, 11) is -3.19. The van der Waals surface area contributed by atoms with E-state index in [0.29, 0.717) is 18.0 Å². The molecule has 0 aliphatic heterocycles. The van der Waals surface area contributed by atoms with Crippen molar-refractivity contribution < 1.29 is 12.8 Å². The Morgan fingerprint density at radius 1 is 1.14 bits per heavy atom. The molecule has 114 valence electrons. The van der Waals surface area contributed by atoms with Crippen LogP contribution in [0.3, 0.4) is 0 Å². The van der Waals surface area contributed by atoms with Crippen LogP contribution in [-0.2, 0) is 22.0 Å². The Kier molecular flexibility index (Phi) is 4.83. The number of aromatic nitrogens is 1. The van der Waals surface area contributed by atoms with Crippen molar-refractivity contribution in [1.29, 1.82) is 0 Å². The van der Waals surface area contributed by atoms with E-state index in [4.69, 9.17) is 4.42 Å². The maximum absolute atomic E-state index is 12.2. The number of benzene rings is 1. The van der Waals surface area contributed by atoms with Crippen molar-refractivity contribution in [3.05, 3.63) is 53.7 Å². The highest BCUT2D eigenvalue weighted by Gasteiger charge is 2.25. The first-order valence-corrected chi connectivity index (χ1v) is 8.79. The largest absolute Gasteiger partial charge is 0.448 e. The van der Waals surface area contributed by atoms with Crippen molar-refractivity contribution in [1.82, 2.24) is 4.98 Å². The summed E-state index contributed by atoms with van der Waals surface area (Å²) in [6.07, 6.45) is 2.02. The van der Waals surface area contributed by atoms with Gasteiger partial charge in [0.25, 0.3) is 0 Å². The lowest BCUT2D eigenvalue weighted by molar-refractivity contribution is 0.506. The van der Waals surface area contributed by atoms with Crippen molar-refractivity contribution in [3.63, 3.8) is 0 Å². The number of sulfone groups is 1. The lowest BCUT2D eigenvalue weighted by atomic mass is 10.1. The Hall–Kier alpha value is -1.62. The van der Waals surface area contributed by atoms with E-state index < -0.39 is 9.84 Å². The van der Waals surface area contributed by atoms with Crippen LogP contribution in [0.5, 0.6) is 0 Å². The maximum Gasteiger partial charge on any atom is 0.198 e. The lowest BCUT2D eigenvalue weighted by Gasteiger charge is -2.15. The third-order valence-electron chi connectivity index (χ3n) is 3.65. The maximum atomic E-state index is 12.2. The number of oxazole rings is 1. The second-order valence-electron chi connectivity index (χ2n) is 5.65. The fourth-order valence-electron chi connectivity index (χ4n) is 2.02. The van der Waals surface area contributed by atoms with Gasteiger partial charge in [0.1, 0.15) is 6.26 Å². The molecule has 0 radical (unpaired) electrons. The van der Waals surface area contributed by atoms with Crippen LogP contribution < -0.4 is 0 Å². The minimum atomic E-state index is -3.19. The van der Waals surface area contributed by atoms with Gasteiger partial charge in [-0.25, -0.2) is 13.4 Å². The first-order chi connectivity index (χ1) is 9.88. The molecule has 0 amide bonds. The van der Waals surface area contributed by atoms with E-state index in [-0.39, 0.29) is 16.9 Å². The van der Waals surface area contributed by atoms with E-state index in [1.54, 1.807) is 6.92 Å². The second-order valence-corrected chi connectivity index (χ2v) is 8.01. The third-order valence-corrected chi connectivity index (χ3v) is 6.03. The van der Waals surface area contributed by atoms with E-state index in [0.717, 1.165) is 5.56 Å². The molecule has 5 heteroatoms. The van der Waals surface area contributed by atoms with Crippen LogP contribution in [0, 0.1) is 5.92 Å². The molecule has 2 rings (SSSR count). The Morgan fingerprint density at radius 3 is 2.43 bits per heavy atom. The fourth-order valence-corrected chi connectivity index (χ4v) is 3.66. The molecule has 0 N–H and O–H groups in total. The Labute approximate surface area is 126 Å². The van der Waals surface area contributed by atoms with E-state index in [2.05, 4.69) is 4.98 Å². The third kappa shape index (κ3) is 4.17. The van der Waals surface area contributed by atoms with Crippen LogP contribution in [0.1, 0.15) is 37.9 Å². The predicted molar refractivity (Wildman–Crippen MR) is 82.7 cm³/mol. The van der Waals surface area contributed by atoms with Crippen molar-refractivity contribution in [2.24, 2.45) is 5.92 Å². The average molecular weight is 307 g/mol. The van der Waals surface area contributed by atoms with Crippen LogP contribution in [0.2, 0.25) is 0 Å². The van der Waals surface area contributed by atoms with Crippen molar-refractivity contribution in [3.8, 4) is 0 Å². The zero-order valence-corrected chi connectivity index (χ0v) is 13.4. The zero-order valence-electron chi connectivity index (χ0n) is 12.6. The van der Waals surface area contributed by atoms with Gasteiger partial charge < -0.3 is 4.42 Å². The SMILES string of the molecule is CC(C)C(C)S(=O)(=O)Cc1coc(Cc2ccccc2)n1. The average Bonchev–Trinajstić information content (AvgIpc) is 2.85. The molecule has 0 spiro atoms. The first kappa shape index (κ1) is 15.8. The molecule has 1 aromatic carbocycles. The van der Waals surface area contributed by atoms with Crippen LogP contribution in [0.15, 0.2) is 41.0 Å². The van der Waals surface area contributed by atoms with Gasteiger partial charge in [-0.15, -0.1) is 0 Å². The van der Waals surface area contributed by atoms with Crippen LogP contribution in [0.25, 0.3) is 0 Å². The molecule has 0 saturated heterocycles. The molecule has 1 aromatic heterocycles. The van der Waals surface area contributed by atoms with Crippen molar-refractivity contribution in [2.75, 3.05) is 0 Å². The summed E-state index contributed by atoms with van der Waals surface area (Å²) in [5.41, 5.74) is 1.57. The van der Waals surface area contributed by atoms with Gasteiger partial charge in [0, 0.05) is 6.42 Å². The number of hydrogen-bond acceptors (Lipinski definition) is 4. The molecule has 0 aliphatic carbocycles. The molecule has 1 atom stereocenters. The van der Waals surface area contributed by atoms with Crippen LogP contribution in [-0.4, -0.2) is 18.7 Å². The smallest absolute Gasteiger partial charge is 0.198 e. The molecule has 0 saturated carbocycles. The Balaban J connectivity index is 2.07. The minimum absolute atomic E-state index is 0.0648. The monoisotopic (exact) mass is 307 g/mol. The van der Waals surface area contributed by atoms with Gasteiger partial charge in [0.2, 0.25) is 0 Å².